The molecule has 3 heterocycles. The second kappa shape index (κ2) is 8.02. The summed E-state index contributed by atoms with van der Waals surface area (Å²) in [6, 6.07) is 41.1. The second-order valence-corrected chi connectivity index (χ2v) is 16.7. The van der Waals surface area contributed by atoms with Gasteiger partial charge in [-0.15, -0.1) is 0 Å². The maximum atomic E-state index is 3.85. The van der Waals surface area contributed by atoms with Crippen LogP contribution in [0, 0.1) is 6.92 Å². The number of nitrogens with zero attached hydrogens (tertiary/aromatic N) is 1. The molecule has 4 heteroatoms. The van der Waals surface area contributed by atoms with E-state index in [1.165, 1.54) is 82.4 Å². The van der Waals surface area contributed by atoms with Crippen molar-refractivity contribution in [1.29, 1.82) is 0 Å². The number of aromatic amines is 1. The van der Waals surface area contributed by atoms with Gasteiger partial charge in [-0.1, -0.05) is 103 Å². The summed E-state index contributed by atoms with van der Waals surface area (Å²) in [7, 11) is -0.880. The van der Waals surface area contributed by atoms with Gasteiger partial charge in [0, 0.05) is 38.9 Å². The molecule has 2 aliphatic rings. The van der Waals surface area contributed by atoms with Crippen molar-refractivity contribution in [2.45, 2.75) is 20.0 Å². The number of hydrogen-bond donors (Lipinski definition) is 1. The van der Waals surface area contributed by atoms with Crippen LogP contribution < -0.4 is 26.2 Å². The third kappa shape index (κ3) is 3.08. The molecule has 6 aromatic carbocycles. The fourth-order valence-corrected chi connectivity index (χ4v) is 10.7. The van der Waals surface area contributed by atoms with Gasteiger partial charge in [-0.3, -0.25) is 0 Å². The molecule has 2 aliphatic heterocycles. The molecule has 0 atom stereocenters. The lowest BCUT2D eigenvalue weighted by Gasteiger charge is -2.45. The van der Waals surface area contributed by atoms with Crippen LogP contribution in [0.3, 0.4) is 0 Å². The zero-order chi connectivity index (χ0) is 27.5. The highest BCUT2D eigenvalue weighted by atomic mass is 28.3. The fourth-order valence-electron chi connectivity index (χ4n) is 7.67. The molecule has 7 aromatic rings. The Hall–Kier alpha value is -4.54. The van der Waals surface area contributed by atoms with E-state index in [0.717, 1.165) is 7.28 Å². The highest BCUT2D eigenvalue weighted by Gasteiger charge is 2.42. The largest absolute Gasteiger partial charge is 0.354 e. The summed E-state index contributed by atoms with van der Waals surface area (Å²) in [5, 5.41) is 8.19. The van der Waals surface area contributed by atoms with E-state index in [1.807, 2.05) is 0 Å². The average molecular weight is 541 g/mol. The van der Waals surface area contributed by atoms with Gasteiger partial charge in [0.05, 0.1) is 5.52 Å². The third-order valence-electron chi connectivity index (χ3n) is 9.60. The molecule has 1 aromatic heterocycles. The maximum absolute atomic E-state index is 3.85. The van der Waals surface area contributed by atoms with Gasteiger partial charge < -0.3 is 9.88 Å². The summed E-state index contributed by atoms with van der Waals surface area (Å²) in [6.45, 7) is 7.27. The molecule has 0 fully saturated rings. The smallest absolute Gasteiger partial charge is 0.198 e. The molecule has 0 amide bonds. The molecule has 0 bridgehead atoms. The number of rotatable bonds is 1. The SMILES string of the molecule is Cc1cc(-c2cccc3c2[nH]c2cc4ccccc4cc23)c2c(c1)N1c3ccccc3[Si](C)(C)c3cccc(c31)B2. The summed E-state index contributed by atoms with van der Waals surface area (Å²) < 4.78 is 0. The lowest BCUT2D eigenvalue weighted by atomic mass is 9.58. The van der Waals surface area contributed by atoms with Crippen LogP contribution in [-0.4, -0.2) is 20.3 Å². The Morgan fingerprint density at radius 2 is 1.41 bits per heavy atom. The molecule has 41 heavy (non-hydrogen) atoms. The predicted molar refractivity (Wildman–Crippen MR) is 181 cm³/mol. The molecule has 0 radical (unpaired) electrons. The quantitative estimate of drug-likeness (QED) is 0.228. The average Bonchev–Trinajstić information content (AvgIpc) is 3.35. The van der Waals surface area contributed by atoms with Gasteiger partial charge >= 0.3 is 0 Å². The number of aryl methyl sites for hydroxylation is 1. The Morgan fingerprint density at radius 1 is 0.659 bits per heavy atom. The Kier molecular flexibility index (Phi) is 4.54. The van der Waals surface area contributed by atoms with Gasteiger partial charge in [0.2, 0.25) is 0 Å². The minimum atomic E-state index is -1.82. The van der Waals surface area contributed by atoms with Gasteiger partial charge in [-0.05, 0) is 68.9 Å². The molecule has 0 saturated carbocycles. The number of benzene rings is 6. The topological polar surface area (TPSA) is 19.0 Å². The number of para-hydroxylation sites is 3. The first-order chi connectivity index (χ1) is 20.0. The second-order valence-electron chi connectivity index (χ2n) is 12.4. The van der Waals surface area contributed by atoms with Gasteiger partial charge in [0.1, 0.15) is 8.07 Å². The van der Waals surface area contributed by atoms with Crippen molar-refractivity contribution in [1.82, 2.24) is 4.98 Å². The molecular formula is C37H29BN2Si. The summed E-state index contributed by atoms with van der Waals surface area (Å²) in [5.74, 6) is 0. The van der Waals surface area contributed by atoms with E-state index in [2.05, 4.69) is 139 Å². The summed E-state index contributed by atoms with van der Waals surface area (Å²) in [4.78, 5) is 6.44. The monoisotopic (exact) mass is 540 g/mol. The Labute approximate surface area is 241 Å². The van der Waals surface area contributed by atoms with E-state index in [1.54, 1.807) is 5.19 Å². The van der Waals surface area contributed by atoms with Crippen molar-refractivity contribution < 1.29 is 0 Å². The van der Waals surface area contributed by atoms with Crippen LogP contribution in [0.15, 0.2) is 109 Å². The number of fused-ring (bicyclic) bond motifs is 8. The van der Waals surface area contributed by atoms with Crippen LogP contribution in [0.5, 0.6) is 0 Å². The third-order valence-corrected chi connectivity index (χ3v) is 13.1. The lowest BCUT2D eigenvalue weighted by Crippen LogP contribution is -2.62. The Bertz CT molecular complexity index is 2240. The fraction of sp³-hybridized carbons (Fsp3) is 0.0811. The van der Waals surface area contributed by atoms with Crippen molar-refractivity contribution in [3.05, 3.63) is 115 Å². The van der Waals surface area contributed by atoms with Gasteiger partial charge in [0.15, 0.2) is 7.28 Å². The number of H-pyrrole nitrogens is 1. The van der Waals surface area contributed by atoms with Crippen LogP contribution in [0.2, 0.25) is 13.1 Å². The van der Waals surface area contributed by atoms with E-state index in [-0.39, 0.29) is 0 Å². The molecule has 0 saturated heterocycles. The van der Waals surface area contributed by atoms with E-state index in [4.69, 9.17) is 0 Å². The molecule has 0 unspecified atom stereocenters. The molecule has 0 aliphatic carbocycles. The number of aromatic nitrogens is 1. The van der Waals surface area contributed by atoms with Gasteiger partial charge in [0.25, 0.3) is 0 Å². The van der Waals surface area contributed by atoms with Gasteiger partial charge in [-0.2, -0.15) is 0 Å². The molecule has 0 spiro atoms. The van der Waals surface area contributed by atoms with Crippen LogP contribution in [0.4, 0.5) is 17.1 Å². The molecular weight excluding hydrogens is 511 g/mol. The number of nitrogens with one attached hydrogen (secondary N) is 1. The van der Waals surface area contributed by atoms with E-state index in [0.29, 0.717) is 0 Å². The Balaban J connectivity index is 1.34. The van der Waals surface area contributed by atoms with Crippen LogP contribution in [-0.2, 0) is 0 Å². The highest BCUT2D eigenvalue weighted by Crippen LogP contribution is 2.41. The first kappa shape index (κ1) is 23.2. The zero-order valence-electron chi connectivity index (χ0n) is 23.5. The number of hydrogen-bond acceptors (Lipinski definition) is 1. The van der Waals surface area contributed by atoms with Crippen LogP contribution in [0.1, 0.15) is 5.56 Å². The normalized spacial score (nSPS) is 14.6. The lowest BCUT2D eigenvalue weighted by molar-refractivity contribution is 1.28. The van der Waals surface area contributed by atoms with Crippen molar-refractivity contribution in [3.8, 4) is 11.1 Å². The predicted octanol–water partition coefficient (Wildman–Crippen LogP) is 6.76. The zero-order valence-corrected chi connectivity index (χ0v) is 24.5. The number of anilines is 3. The Morgan fingerprint density at radius 3 is 2.29 bits per heavy atom. The standard InChI is InChI=1S/C37H29BN2Si/c1-22-18-28(26-13-8-12-25-27-20-23-10-4-5-11-24(23)21-30(27)39-36(25)26)35-32(19-22)40-31-15-6-7-16-33(31)41(2,3)34-17-9-14-29(38-35)37(34)40/h4-21,38-39H,1-3H3. The van der Waals surface area contributed by atoms with Crippen molar-refractivity contribution in [2.24, 2.45) is 0 Å². The van der Waals surface area contributed by atoms with Crippen LogP contribution >= 0.6 is 0 Å². The van der Waals surface area contributed by atoms with Crippen molar-refractivity contribution in [2.75, 3.05) is 4.90 Å². The van der Waals surface area contributed by atoms with Gasteiger partial charge in [-0.25, -0.2) is 0 Å². The molecule has 1 N–H and O–H groups in total. The minimum absolute atomic E-state index is 0.942. The first-order valence-electron chi connectivity index (χ1n) is 14.6. The minimum Gasteiger partial charge on any atom is -0.354 e. The first-order valence-corrected chi connectivity index (χ1v) is 17.6. The molecule has 9 rings (SSSR count). The van der Waals surface area contributed by atoms with E-state index >= 15 is 0 Å². The molecule has 194 valence electrons. The van der Waals surface area contributed by atoms with E-state index in [9.17, 15) is 0 Å². The van der Waals surface area contributed by atoms with Crippen molar-refractivity contribution in [3.63, 3.8) is 0 Å². The maximum Gasteiger partial charge on any atom is 0.198 e. The molecule has 2 nitrogen and oxygen atoms in total. The summed E-state index contributed by atoms with van der Waals surface area (Å²) >= 11 is 0. The highest BCUT2D eigenvalue weighted by molar-refractivity contribution is 7.03. The summed E-state index contributed by atoms with van der Waals surface area (Å²) in [5.41, 5.74) is 13.3. The van der Waals surface area contributed by atoms with Crippen LogP contribution in [0.25, 0.3) is 43.7 Å². The van der Waals surface area contributed by atoms with Crippen molar-refractivity contribution >= 4 is 86.3 Å². The summed E-state index contributed by atoms with van der Waals surface area (Å²) in [6.07, 6.45) is 0. The van der Waals surface area contributed by atoms with E-state index < -0.39 is 8.07 Å².